The highest BCUT2D eigenvalue weighted by atomic mass is 79.9. The number of hydrogen-bond donors (Lipinski definition) is 0. The van der Waals surface area contributed by atoms with Crippen molar-refractivity contribution in [3.8, 4) is 0 Å². The molecule has 0 aliphatic carbocycles. The number of aromatic nitrogens is 2. The third-order valence-corrected chi connectivity index (χ3v) is 4.01. The number of benzene rings is 1. The number of anilines is 2. The van der Waals surface area contributed by atoms with Crippen LogP contribution >= 0.6 is 15.9 Å². The van der Waals surface area contributed by atoms with E-state index in [2.05, 4.69) is 25.9 Å². The van der Waals surface area contributed by atoms with E-state index in [1.807, 2.05) is 32.0 Å². The van der Waals surface area contributed by atoms with E-state index in [0.29, 0.717) is 5.95 Å². The molecule has 0 N–H and O–H groups in total. The summed E-state index contributed by atoms with van der Waals surface area (Å²) in [5.41, 5.74) is 1.23. The quantitative estimate of drug-likeness (QED) is 0.811. The van der Waals surface area contributed by atoms with Crippen molar-refractivity contribution in [3.63, 3.8) is 0 Å². The largest absolute Gasteiger partial charge is 0.273 e. The van der Waals surface area contributed by atoms with Gasteiger partial charge in [0.2, 0.25) is 11.9 Å². The molecule has 19 heavy (non-hydrogen) atoms. The third kappa shape index (κ3) is 1.69. The molecule has 3 rings (SSSR count). The van der Waals surface area contributed by atoms with E-state index < -0.39 is 5.41 Å². The van der Waals surface area contributed by atoms with E-state index in [1.165, 1.54) is 0 Å². The lowest BCUT2D eigenvalue weighted by molar-refractivity contribution is -0.121. The molecule has 0 radical (unpaired) electrons. The molecule has 5 heteroatoms. The smallest absolute Gasteiger partial charge is 0.244 e. The van der Waals surface area contributed by atoms with Gasteiger partial charge in [-0.15, -0.1) is 0 Å². The first-order valence-corrected chi connectivity index (χ1v) is 6.73. The zero-order valence-electron chi connectivity index (χ0n) is 10.6. The van der Waals surface area contributed by atoms with Crippen LogP contribution in [-0.4, -0.2) is 15.9 Å². The Labute approximate surface area is 119 Å². The van der Waals surface area contributed by atoms with E-state index in [1.54, 1.807) is 23.4 Å². The van der Waals surface area contributed by atoms with E-state index >= 15 is 0 Å². The van der Waals surface area contributed by atoms with E-state index in [9.17, 15) is 4.79 Å². The fourth-order valence-electron chi connectivity index (χ4n) is 2.42. The molecule has 96 valence electrons. The Morgan fingerprint density at radius 2 is 1.84 bits per heavy atom. The van der Waals surface area contributed by atoms with Gasteiger partial charge in [-0.05, 0) is 32.0 Å². The molecular formula is C14H12BrN3O. The van der Waals surface area contributed by atoms with Crippen molar-refractivity contribution in [2.45, 2.75) is 19.3 Å². The topological polar surface area (TPSA) is 46.1 Å². The number of carbonyl (C=O) groups is 1. The Bertz CT molecular complexity index is 655. The van der Waals surface area contributed by atoms with Crippen LogP contribution in [0.4, 0.5) is 11.6 Å². The van der Waals surface area contributed by atoms with E-state index in [4.69, 9.17) is 0 Å². The van der Waals surface area contributed by atoms with Crippen LogP contribution < -0.4 is 4.90 Å². The number of hydrogen-bond acceptors (Lipinski definition) is 3. The van der Waals surface area contributed by atoms with Gasteiger partial charge in [-0.3, -0.25) is 4.79 Å². The molecule has 0 saturated carbocycles. The van der Waals surface area contributed by atoms with Gasteiger partial charge >= 0.3 is 0 Å². The van der Waals surface area contributed by atoms with Crippen molar-refractivity contribution < 1.29 is 4.79 Å². The lowest BCUT2D eigenvalue weighted by atomic mass is 9.86. The molecule has 0 atom stereocenters. The predicted molar refractivity (Wildman–Crippen MR) is 76.3 cm³/mol. The average Bonchev–Trinajstić information content (AvgIpc) is 2.60. The molecule has 0 saturated heterocycles. The lowest BCUT2D eigenvalue weighted by Gasteiger charge is -2.18. The molecule has 4 nitrogen and oxygen atoms in total. The third-order valence-electron chi connectivity index (χ3n) is 3.35. The van der Waals surface area contributed by atoms with Crippen molar-refractivity contribution in [3.05, 3.63) is 46.7 Å². The normalized spacial score (nSPS) is 16.6. The Morgan fingerprint density at radius 3 is 2.53 bits per heavy atom. The van der Waals surface area contributed by atoms with Crippen LogP contribution in [0.5, 0.6) is 0 Å². The second-order valence-corrected chi connectivity index (χ2v) is 5.80. The molecule has 0 fully saturated rings. The van der Waals surface area contributed by atoms with E-state index in [-0.39, 0.29) is 5.91 Å². The fourth-order valence-corrected chi connectivity index (χ4v) is 3.27. The number of fused-ring (bicyclic) bond motifs is 1. The molecule has 2 heterocycles. The Kier molecular flexibility index (Phi) is 2.67. The van der Waals surface area contributed by atoms with Crippen molar-refractivity contribution in [2.24, 2.45) is 0 Å². The molecule has 1 aliphatic heterocycles. The highest BCUT2D eigenvalue weighted by Gasteiger charge is 2.46. The molecule has 0 bridgehead atoms. The van der Waals surface area contributed by atoms with Gasteiger partial charge in [0, 0.05) is 22.4 Å². The SMILES string of the molecule is CC1(C)C(=O)N(c2ncccn2)c2cccc(Br)c21. The summed E-state index contributed by atoms with van der Waals surface area (Å²) < 4.78 is 0.932. The van der Waals surface area contributed by atoms with Crippen molar-refractivity contribution in [1.29, 1.82) is 0 Å². The first-order chi connectivity index (χ1) is 9.03. The van der Waals surface area contributed by atoms with Crippen LogP contribution in [0.3, 0.4) is 0 Å². The van der Waals surface area contributed by atoms with Crippen LogP contribution in [0, 0.1) is 0 Å². The number of carbonyl (C=O) groups excluding carboxylic acids is 1. The highest BCUT2D eigenvalue weighted by molar-refractivity contribution is 9.10. The molecule has 0 unspecified atom stereocenters. The van der Waals surface area contributed by atoms with Crippen LogP contribution in [0.2, 0.25) is 0 Å². The lowest BCUT2D eigenvalue weighted by Crippen LogP contribution is -2.34. The summed E-state index contributed by atoms with van der Waals surface area (Å²) in [4.78, 5) is 22.6. The standard InChI is InChI=1S/C14H12BrN3O/c1-14(2)11-9(15)5-3-6-10(11)18(12(14)19)13-16-7-4-8-17-13/h3-8H,1-2H3. The maximum Gasteiger partial charge on any atom is 0.244 e. The summed E-state index contributed by atoms with van der Waals surface area (Å²) in [6.07, 6.45) is 3.27. The van der Waals surface area contributed by atoms with Crippen LogP contribution in [-0.2, 0) is 10.2 Å². The molecule has 1 aliphatic rings. The fraction of sp³-hybridized carbons (Fsp3) is 0.214. The Hall–Kier alpha value is -1.75. The summed E-state index contributed by atoms with van der Waals surface area (Å²) in [5, 5.41) is 0. The highest BCUT2D eigenvalue weighted by Crippen LogP contribution is 2.47. The van der Waals surface area contributed by atoms with Gasteiger partial charge in [-0.2, -0.15) is 0 Å². The molecule has 0 spiro atoms. The summed E-state index contributed by atoms with van der Waals surface area (Å²) in [5.74, 6) is 0.401. The van der Waals surface area contributed by atoms with Crippen LogP contribution in [0.1, 0.15) is 19.4 Å². The molecule has 1 aromatic carbocycles. The zero-order valence-corrected chi connectivity index (χ0v) is 12.2. The Balaban J connectivity index is 2.26. The van der Waals surface area contributed by atoms with Gasteiger partial charge in [0.25, 0.3) is 0 Å². The average molecular weight is 318 g/mol. The van der Waals surface area contributed by atoms with E-state index in [0.717, 1.165) is 15.7 Å². The van der Waals surface area contributed by atoms with Gasteiger partial charge in [0.05, 0.1) is 11.1 Å². The summed E-state index contributed by atoms with van der Waals surface area (Å²) >= 11 is 3.53. The second-order valence-electron chi connectivity index (χ2n) is 4.95. The second kappa shape index (κ2) is 4.13. The number of rotatable bonds is 1. The number of halogens is 1. The predicted octanol–water partition coefficient (Wildman–Crippen LogP) is 3.20. The zero-order chi connectivity index (χ0) is 13.6. The van der Waals surface area contributed by atoms with Crippen LogP contribution in [0.25, 0.3) is 0 Å². The van der Waals surface area contributed by atoms with Crippen molar-refractivity contribution in [1.82, 2.24) is 9.97 Å². The van der Waals surface area contributed by atoms with Gasteiger partial charge < -0.3 is 0 Å². The van der Waals surface area contributed by atoms with Gasteiger partial charge in [-0.1, -0.05) is 22.0 Å². The van der Waals surface area contributed by atoms with Crippen molar-refractivity contribution >= 4 is 33.5 Å². The first kappa shape index (κ1) is 12.3. The van der Waals surface area contributed by atoms with Gasteiger partial charge in [-0.25, -0.2) is 14.9 Å². The van der Waals surface area contributed by atoms with Gasteiger partial charge in [0.1, 0.15) is 0 Å². The minimum atomic E-state index is -0.589. The summed E-state index contributed by atoms with van der Waals surface area (Å²) in [7, 11) is 0. The monoisotopic (exact) mass is 317 g/mol. The minimum Gasteiger partial charge on any atom is -0.273 e. The minimum absolute atomic E-state index is 0.0133. The molecular weight excluding hydrogens is 306 g/mol. The summed E-state index contributed by atoms with van der Waals surface area (Å²) in [6.45, 7) is 3.84. The number of nitrogens with zero attached hydrogens (tertiary/aromatic N) is 3. The van der Waals surface area contributed by atoms with Gasteiger partial charge in [0.15, 0.2) is 0 Å². The molecule has 1 amide bonds. The maximum absolute atomic E-state index is 12.7. The Morgan fingerprint density at radius 1 is 1.16 bits per heavy atom. The summed E-state index contributed by atoms with van der Waals surface area (Å²) in [6, 6.07) is 7.51. The van der Waals surface area contributed by atoms with Crippen molar-refractivity contribution in [2.75, 3.05) is 4.90 Å². The molecule has 2 aromatic rings. The molecule has 1 aromatic heterocycles. The maximum atomic E-state index is 12.7. The van der Waals surface area contributed by atoms with Crippen LogP contribution in [0.15, 0.2) is 41.1 Å². The number of amides is 1. The first-order valence-electron chi connectivity index (χ1n) is 5.94.